The van der Waals surface area contributed by atoms with Crippen LogP contribution in [0, 0.1) is 0 Å². The number of rotatable bonds is 2. The Balaban J connectivity index is 0.000000180. The zero-order valence-electron chi connectivity index (χ0n) is 14.1. The lowest BCUT2D eigenvalue weighted by atomic mass is 9.95. The van der Waals surface area contributed by atoms with Crippen LogP contribution in [0.25, 0.3) is 0 Å². The van der Waals surface area contributed by atoms with Gasteiger partial charge in [0.25, 0.3) is 0 Å². The summed E-state index contributed by atoms with van der Waals surface area (Å²) in [5.74, 6) is -0.799. The van der Waals surface area contributed by atoms with E-state index in [2.05, 4.69) is 28.8 Å². The molecule has 25 heavy (non-hydrogen) atoms. The molecular weight excluding hydrogens is 316 g/mol. The first-order chi connectivity index (χ1) is 12.2. The van der Waals surface area contributed by atoms with E-state index in [1.807, 2.05) is 30.3 Å². The number of nitrogens with one attached hydrogen (secondary N) is 2. The molecule has 0 amide bonds. The van der Waals surface area contributed by atoms with Gasteiger partial charge in [0.05, 0.1) is 12.6 Å². The van der Waals surface area contributed by atoms with Crippen LogP contribution in [0.5, 0.6) is 0 Å². The third kappa shape index (κ3) is 4.07. The summed E-state index contributed by atoms with van der Waals surface area (Å²) in [5.41, 5.74) is 4.68. The molecule has 0 saturated carbocycles. The zero-order valence-corrected chi connectivity index (χ0v) is 14.1. The normalized spacial score (nSPS) is 21.3. The second-order valence-corrected chi connectivity index (χ2v) is 6.31. The molecule has 134 valence electrons. The van der Waals surface area contributed by atoms with E-state index in [0.717, 1.165) is 37.1 Å². The Hall–Kier alpha value is -2.21. The number of aliphatic hydroxyl groups is 1. The first kappa shape index (κ1) is 17.6. The van der Waals surface area contributed by atoms with Crippen molar-refractivity contribution in [2.45, 2.75) is 24.9 Å². The average Bonchev–Trinajstić information content (AvgIpc) is 2.67. The van der Waals surface area contributed by atoms with Gasteiger partial charge in [-0.3, -0.25) is 4.79 Å². The number of aliphatic hydroxyl groups excluding tert-OH is 1. The average molecular weight is 342 g/mol. The fraction of sp³-hybridized carbons (Fsp3) is 0.350. The van der Waals surface area contributed by atoms with Gasteiger partial charge in [-0.05, 0) is 41.6 Å². The highest BCUT2D eigenvalue weighted by atomic mass is 16.4. The summed E-state index contributed by atoms with van der Waals surface area (Å²) in [5, 5.41) is 24.2. The molecule has 5 nitrogen and oxygen atoms in total. The Labute approximate surface area is 149 Å². The molecule has 0 unspecified atom stereocenters. The minimum Gasteiger partial charge on any atom is -0.480 e. The molecule has 2 aromatic carbocycles. The van der Waals surface area contributed by atoms with Crippen LogP contribution in [0.1, 0.15) is 35.8 Å². The van der Waals surface area contributed by atoms with Gasteiger partial charge < -0.3 is 20.8 Å². The monoisotopic (exact) mass is 342 g/mol. The Morgan fingerprint density at radius 2 is 1.52 bits per heavy atom. The van der Waals surface area contributed by atoms with Crippen LogP contribution in [0.4, 0.5) is 0 Å². The van der Waals surface area contributed by atoms with E-state index in [1.54, 1.807) is 0 Å². The van der Waals surface area contributed by atoms with Gasteiger partial charge in [-0.15, -0.1) is 0 Å². The Morgan fingerprint density at radius 3 is 2.16 bits per heavy atom. The van der Waals surface area contributed by atoms with Crippen LogP contribution in [0.3, 0.4) is 0 Å². The molecule has 2 aliphatic heterocycles. The molecule has 0 saturated heterocycles. The highest BCUT2D eigenvalue weighted by molar-refractivity contribution is 5.76. The maximum atomic E-state index is 10.9. The largest absolute Gasteiger partial charge is 0.480 e. The Bertz CT molecular complexity index is 739. The number of carboxylic acid groups (broad SMARTS) is 1. The third-order valence-corrected chi connectivity index (χ3v) is 4.75. The Kier molecular flexibility index (Phi) is 5.81. The van der Waals surface area contributed by atoms with Gasteiger partial charge in [-0.1, -0.05) is 48.5 Å². The van der Waals surface area contributed by atoms with Crippen LogP contribution in [-0.4, -0.2) is 35.9 Å². The van der Waals surface area contributed by atoms with Crippen LogP contribution in [0.2, 0.25) is 0 Å². The van der Waals surface area contributed by atoms with Crippen molar-refractivity contribution in [2.75, 3.05) is 19.7 Å². The number of fused-ring (bicyclic) bond motifs is 2. The van der Waals surface area contributed by atoms with Crippen molar-refractivity contribution in [2.24, 2.45) is 0 Å². The Morgan fingerprint density at radius 1 is 0.960 bits per heavy atom. The summed E-state index contributed by atoms with van der Waals surface area (Å²) in [6, 6.07) is 15.6. The number of hydrogen-bond donors (Lipinski definition) is 4. The minimum absolute atomic E-state index is 0. The first-order valence-corrected chi connectivity index (χ1v) is 8.66. The van der Waals surface area contributed by atoms with E-state index in [4.69, 9.17) is 10.2 Å². The minimum atomic E-state index is -0.799. The predicted molar refractivity (Wildman–Crippen MR) is 98.6 cm³/mol. The van der Waals surface area contributed by atoms with Crippen LogP contribution >= 0.6 is 0 Å². The molecule has 5 heteroatoms. The van der Waals surface area contributed by atoms with Crippen molar-refractivity contribution in [1.82, 2.24) is 10.6 Å². The van der Waals surface area contributed by atoms with Gasteiger partial charge in [0, 0.05) is 7.97 Å². The van der Waals surface area contributed by atoms with Gasteiger partial charge in [0.15, 0.2) is 0 Å². The van der Waals surface area contributed by atoms with E-state index in [0.29, 0.717) is 0 Å². The molecule has 0 aromatic heterocycles. The molecule has 0 fully saturated rings. The number of aliphatic carboxylic acids is 1. The van der Waals surface area contributed by atoms with Gasteiger partial charge >= 0.3 is 5.97 Å². The molecule has 2 aliphatic rings. The third-order valence-electron chi connectivity index (χ3n) is 4.75. The molecule has 0 radical (unpaired) electrons. The highest BCUT2D eigenvalue weighted by Crippen LogP contribution is 2.22. The molecule has 4 N–H and O–H groups in total. The molecule has 2 atom stereocenters. The summed E-state index contributed by atoms with van der Waals surface area (Å²) < 4.78 is 0. The molecule has 0 aliphatic carbocycles. The highest BCUT2D eigenvalue weighted by Gasteiger charge is 2.24. The lowest BCUT2D eigenvalue weighted by Gasteiger charge is -2.24. The van der Waals surface area contributed by atoms with Gasteiger partial charge in [-0.2, -0.15) is 0 Å². The molecule has 2 aromatic rings. The van der Waals surface area contributed by atoms with Crippen LogP contribution in [-0.2, 0) is 17.6 Å². The second kappa shape index (κ2) is 8.25. The van der Waals surface area contributed by atoms with Crippen LogP contribution in [0.15, 0.2) is 48.5 Å². The van der Waals surface area contributed by atoms with Crippen molar-refractivity contribution in [3.05, 3.63) is 70.8 Å². The molecular formula is C20H26N2O3. The number of benzene rings is 2. The fourth-order valence-electron chi connectivity index (χ4n) is 3.48. The van der Waals surface area contributed by atoms with Crippen molar-refractivity contribution in [1.29, 1.82) is 0 Å². The molecule has 0 spiro atoms. The van der Waals surface area contributed by atoms with Crippen molar-refractivity contribution >= 4 is 5.97 Å². The molecule has 4 rings (SSSR count). The molecule has 2 heterocycles. The quantitative estimate of drug-likeness (QED) is 0.672. The number of carboxylic acids is 1. The van der Waals surface area contributed by atoms with E-state index in [9.17, 15) is 4.79 Å². The van der Waals surface area contributed by atoms with Crippen molar-refractivity contribution < 1.29 is 16.4 Å². The summed E-state index contributed by atoms with van der Waals surface area (Å²) in [6.45, 7) is 1.91. The number of carbonyl (C=O) groups is 1. The summed E-state index contributed by atoms with van der Waals surface area (Å²) in [4.78, 5) is 10.9. The summed E-state index contributed by atoms with van der Waals surface area (Å²) in [6.07, 6.45) is 1.99. The SMILES string of the molecule is O=C(O)[C@@H]1NCCc2ccccc21.OC[C@@H]1NCCc2ccccc21.[HH]. The van der Waals surface area contributed by atoms with Gasteiger partial charge in [0.1, 0.15) is 6.04 Å². The van der Waals surface area contributed by atoms with E-state index in [-0.39, 0.29) is 14.1 Å². The fourth-order valence-corrected chi connectivity index (χ4v) is 3.48. The van der Waals surface area contributed by atoms with Gasteiger partial charge in [-0.25, -0.2) is 0 Å². The lowest BCUT2D eigenvalue weighted by Crippen LogP contribution is -2.34. The van der Waals surface area contributed by atoms with Gasteiger partial charge in [0.2, 0.25) is 0 Å². The lowest BCUT2D eigenvalue weighted by molar-refractivity contribution is -0.139. The maximum Gasteiger partial charge on any atom is 0.325 e. The van der Waals surface area contributed by atoms with Crippen LogP contribution < -0.4 is 10.6 Å². The van der Waals surface area contributed by atoms with E-state index >= 15 is 0 Å². The van der Waals surface area contributed by atoms with Crippen molar-refractivity contribution in [3.63, 3.8) is 0 Å². The predicted octanol–water partition coefficient (Wildman–Crippen LogP) is 2.07. The second-order valence-electron chi connectivity index (χ2n) is 6.31. The maximum absolute atomic E-state index is 10.9. The molecule has 0 bridgehead atoms. The van der Waals surface area contributed by atoms with E-state index < -0.39 is 12.0 Å². The summed E-state index contributed by atoms with van der Waals surface area (Å²) in [7, 11) is 0. The first-order valence-electron chi connectivity index (χ1n) is 8.66. The standard InChI is InChI=1S/C10H11NO2.C10H13NO.H2/c12-10(13)9-8-4-2-1-3-7(8)5-6-11-9;12-7-10-9-4-2-1-3-8(9)5-6-11-10;/h1-4,9,11H,5-6H2,(H,12,13);1-4,10-12H,5-7H2;1H/t9-;10-;/m10./s1. The zero-order chi connectivity index (χ0) is 17.6. The topological polar surface area (TPSA) is 81.6 Å². The number of hydrogen-bond acceptors (Lipinski definition) is 4. The van der Waals surface area contributed by atoms with Crippen molar-refractivity contribution in [3.8, 4) is 0 Å². The summed E-state index contributed by atoms with van der Waals surface area (Å²) >= 11 is 0. The van der Waals surface area contributed by atoms with E-state index in [1.165, 1.54) is 11.1 Å². The smallest absolute Gasteiger partial charge is 0.325 e.